The lowest BCUT2D eigenvalue weighted by Gasteiger charge is -2.29. The van der Waals surface area contributed by atoms with Crippen molar-refractivity contribution >= 4 is 11.8 Å². The summed E-state index contributed by atoms with van der Waals surface area (Å²) in [6, 6.07) is 5.67. The molecule has 1 unspecified atom stereocenters. The monoisotopic (exact) mass is 335 g/mol. The molecule has 3 N–H and O–H groups in total. The van der Waals surface area contributed by atoms with E-state index in [1.807, 2.05) is 44.7 Å². The van der Waals surface area contributed by atoms with Gasteiger partial charge in [0, 0.05) is 18.7 Å². The number of nitrogens with one attached hydrogen (secondary N) is 1. The first-order valence-corrected chi connectivity index (χ1v) is 7.97. The van der Waals surface area contributed by atoms with Crippen LogP contribution < -0.4 is 15.8 Å². The van der Waals surface area contributed by atoms with Gasteiger partial charge in [0.25, 0.3) is 0 Å². The Morgan fingerprint density at radius 2 is 2.12 bits per heavy atom. The summed E-state index contributed by atoms with van der Waals surface area (Å²) < 4.78 is 10.6. The predicted octanol–water partition coefficient (Wildman–Crippen LogP) is 3.31. The van der Waals surface area contributed by atoms with E-state index in [2.05, 4.69) is 11.9 Å². The van der Waals surface area contributed by atoms with Gasteiger partial charge in [0.05, 0.1) is 18.8 Å². The van der Waals surface area contributed by atoms with E-state index < -0.39 is 11.7 Å². The molecule has 0 spiro atoms. The lowest BCUT2D eigenvalue weighted by Crippen LogP contribution is -2.37. The molecule has 6 nitrogen and oxygen atoms in total. The standard InChI is InChI=1S/C18H29N3O3/c1-7-21(12-11-20-17(22)24-18(3,4)5)13(2)14-9-8-10-15(19)16(14)23-6/h7-10,13H,1,11-12,19H2,2-6H3,(H,20,22). The Morgan fingerprint density at radius 3 is 2.67 bits per heavy atom. The molecule has 24 heavy (non-hydrogen) atoms. The molecule has 0 heterocycles. The van der Waals surface area contributed by atoms with E-state index in [1.54, 1.807) is 19.4 Å². The molecule has 134 valence electrons. The van der Waals surface area contributed by atoms with Crippen molar-refractivity contribution in [2.24, 2.45) is 0 Å². The first-order valence-electron chi connectivity index (χ1n) is 7.97. The van der Waals surface area contributed by atoms with Gasteiger partial charge in [-0.2, -0.15) is 0 Å². The molecule has 0 aromatic heterocycles. The number of benzene rings is 1. The van der Waals surface area contributed by atoms with Crippen LogP contribution in [-0.4, -0.2) is 36.8 Å². The van der Waals surface area contributed by atoms with Gasteiger partial charge < -0.3 is 25.4 Å². The summed E-state index contributed by atoms with van der Waals surface area (Å²) >= 11 is 0. The van der Waals surface area contributed by atoms with Crippen LogP contribution >= 0.6 is 0 Å². The summed E-state index contributed by atoms with van der Waals surface area (Å²) in [5, 5.41) is 2.74. The van der Waals surface area contributed by atoms with Crippen LogP contribution in [0.1, 0.15) is 39.3 Å². The molecule has 0 radical (unpaired) electrons. The predicted molar refractivity (Wildman–Crippen MR) is 97.0 cm³/mol. The van der Waals surface area contributed by atoms with E-state index >= 15 is 0 Å². The number of carbonyl (C=O) groups excluding carboxylic acids is 1. The maximum Gasteiger partial charge on any atom is 0.407 e. The first-order chi connectivity index (χ1) is 11.2. The summed E-state index contributed by atoms with van der Waals surface area (Å²) in [7, 11) is 1.60. The number of hydrogen-bond donors (Lipinski definition) is 2. The normalized spacial score (nSPS) is 12.2. The summed E-state index contributed by atoms with van der Waals surface area (Å²) in [4.78, 5) is 13.7. The van der Waals surface area contributed by atoms with Gasteiger partial charge in [-0.05, 0) is 40.0 Å². The molecule has 1 aromatic rings. The Labute approximate surface area is 144 Å². The van der Waals surface area contributed by atoms with Gasteiger partial charge in [-0.3, -0.25) is 0 Å². The molecule has 1 amide bonds. The van der Waals surface area contributed by atoms with E-state index in [9.17, 15) is 4.79 Å². The Balaban J connectivity index is 2.68. The SMILES string of the molecule is C=CN(CCNC(=O)OC(C)(C)C)C(C)c1cccc(N)c1OC. The highest BCUT2D eigenvalue weighted by atomic mass is 16.6. The van der Waals surface area contributed by atoms with Crippen LogP contribution in [-0.2, 0) is 4.74 Å². The van der Waals surface area contributed by atoms with Crippen LogP contribution in [0.5, 0.6) is 5.75 Å². The largest absolute Gasteiger partial charge is 0.494 e. The van der Waals surface area contributed by atoms with Gasteiger partial charge in [-0.25, -0.2) is 4.79 Å². The second-order valence-corrected chi connectivity index (χ2v) is 6.49. The summed E-state index contributed by atoms with van der Waals surface area (Å²) in [6.45, 7) is 12.4. The quantitative estimate of drug-likeness (QED) is 0.748. The number of hydrogen-bond acceptors (Lipinski definition) is 5. The van der Waals surface area contributed by atoms with Crippen LogP contribution in [0.15, 0.2) is 31.0 Å². The van der Waals surface area contributed by atoms with Crippen molar-refractivity contribution in [3.8, 4) is 5.75 Å². The zero-order chi connectivity index (χ0) is 18.3. The van der Waals surface area contributed by atoms with Crippen molar-refractivity contribution < 1.29 is 14.3 Å². The molecule has 0 fully saturated rings. The van der Waals surface area contributed by atoms with Gasteiger partial charge in [-0.1, -0.05) is 18.7 Å². The minimum Gasteiger partial charge on any atom is -0.494 e. The number of nitrogens with zero attached hydrogens (tertiary/aromatic N) is 1. The average Bonchev–Trinajstić information content (AvgIpc) is 2.49. The third-order valence-electron chi connectivity index (χ3n) is 3.50. The highest BCUT2D eigenvalue weighted by Gasteiger charge is 2.19. The number of rotatable bonds is 7. The van der Waals surface area contributed by atoms with Crippen molar-refractivity contribution in [1.29, 1.82) is 0 Å². The van der Waals surface area contributed by atoms with Gasteiger partial charge in [0.2, 0.25) is 0 Å². The molecule has 0 aliphatic heterocycles. The van der Waals surface area contributed by atoms with Crippen LogP contribution in [0.2, 0.25) is 0 Å². The van der Waals surface area contributed by atoms with Crippen molar-refractivity contribution in [3.05, 3.63) is 36.5 Å². The summed E-state index contributed by atoms with van der Waals surface area (Å²) in [5.74, 6) is 0.664. The van der Waals surface area contributed by atoms with Crippen LogP contribution in [0.4, 0.5) is 10.5 Å². The zero-order valence-electron chi connectivity index (χ0n) is 15.3. The molecule has 1 atom stereocenters. The van der Waals surface area contributed by atoms with Crippen molar-refractivity contribution in [2.45, 2.75) is 39.3 Å². The number of para-hydroxylation sites is 1. The molecule has 1 aromatic carbocycles. The molecule has 6 heteroatoms. The number of carbonyl (C=O) groups is 1. The molecule has 0 saturated heterocycles. The fourth-order valence-corrected chi connectivity index (χ4v) is 2.36. The fourth-order valence-electron chi connectivity index (χ4n) is 2.36. The van der Waals surface area contributed by atoms with E-state index in [4.69, 9.17) is 15.2 Å². The molecule has 1 rings (SSSR count). The zero-order valence-corrected chi connectivity index (χ0v) is 15.3. The second kappa shape index (κ2) is 8.47. The van der Waals surface area contributed by atoms with Crippen molar-refractivity contribution in [2.75, 3.05) is 25.9 Å². The lowest BCUT2D eigenvalue weighted by molar-refractivity contribution is 0.0523. The summed E-state index contributed by atoms with van der Waals surface area (Å²) in [5.41, 5.74) is 7.02. The molecular weight excluding hydrogens is 306 g/mol. The van der Waals surface area contributed by atoms with Crippen molar-refractivity contribution in [1.82, 2.24) is 10.2 Å². The molecule has 0 bridgehead atoms. The Hall–Kier alpha value is -2.37. The number of alkyl carbamates (subject to hydrolysis) is 1. The third-order valence-corrected chi connectivity index (χ3v) is 3.50. The minimum atomic E-state index is -0.509. The first kappa shape index (κ1) is 19.7. The maximum atomic E-state index is 11.7. The van der Waals surface area contributed by atoms with E-state index in [1.165, 1.54) is 0 Å². The van der Waals surface area contributed by atoms with Gasteiger partial charge in [0.1, 0.15) is 11.4 Å². The average molecular weight is 335 g/mol. The molecular formula is C18H29N3O3. The van der Waals surface area contributed by atoms with Crippen molar-refractivity contribution in [3.63, 3.8) is 0 Å². The van der Waals surface area contributed by atoms with E-state index in [-0.39, 0.29) is 6.04 Å². The maximum absolute atomic E-state index is 11.7. The molecule has 0 aliphatic carbocycles. The van der Waals surface area contributed by atoms with Crippen LogP contribution in [0, 0.1) is 0 Å². The summed E-state index contributed by atoms with van der Waals surface area (Å²) in [6.07, 6.45) is 1.31. The van der Waals surface area contributed by atoms with Crippen LogP contribution in [0.25, 0.3) is 0 Å². The number of nitrogens with two attached hydrogens (primary N) is 1. The Morgan fingerprint density at radius 1 is 1.46 bits per heavy atom. The van der Waals surface area contributed by atoms with Gasteiger partial charge >= 0.3 is 6.09 Å². The highest BCUT2D eigenvalue weighted by Crippen LogP contribution is 2.33. The Kier molecular flexibility index (Phi) is 6.95. The Bertz CT molecular complexity index is 567. The lowest BCUT2D eigenvalue weighted by atomic mass is 10.0. The highest BCUT2D eigenvalue weighted by molar-refractivity contribution is 5.67. The smallest absolute Gasteiger partial charge is 0.407 e. The second-order valence-electron chi connectivity index (χ2n) is 6.49. The molecule has 0 aliphatic rings. The fraction of sp³-hybridized carbons (Fsp3) is 0.500. The van der Waals surface area contributed by atoms with Crippen LogP contribution in [0.3, 0.4) is 0 Å². The number of ether oxygens (including phenoxy) is 2. The topological polar surface area (TPSA) is 76.8 Å². The number of amides is 1. The van der Waals surface area contributed by atoms with E-state index in [0.29, 0.717) is 24.5 Å². The minimum absolute atomic E-state index is 0.00128. The third kappa shape index (κ3) is 5.68. The van der Waals surface area contributed by atoms with Gasteiger partial charge in [-0.15, -0.1) is 0 Å². The number of methoxy groups -OCH3 is 1. The van der Waals surface area contributed by atoms with Gasteiger partial charge in [0.15, 0.2) is 0 Å². The number of anilines is 1. The molecule has 0 saturated carbocycles. The number of nitrogen functional groups attached to an aromatic ring is 1. The van der Waals surface area contributed by atoms with E-state index in [0.717, 1.165) is 5.56 Å².